The second-order valence-corrected chi connectivity index (χ2v) is 4.31. The van der Waals surface area contributed by atoms with Crippen LogP contribution in [0.1, 0.15) is 16.8 Å². The summed E-state index contributed by atoms with van der Waals surface area (Å²) >= 11 is 0. The molecule has 0 aliphatic heterocycles. The number of benzene rings is 2. The maximum absolute atomic E-state index is 13.3. The van der Waals surface area contributed by atoms with Gasteiger partial charge in [0.2, 0.25) is 0 Å². The number of rotatable bonds is 7. The van der Waals surface area contributed by atoms with Crippen molar-refractivity contribution in [3.63, 3.8) is 0 Å². The first-order chi connectivity index (χ1) is 10.2. The van der Waals surface area contributed by atoms with Gasteiger partial charge in [0.05, 0.1) is 13.2 Å². The topological polar surface area (TPSA) is 35.5 Å². The molecule has 0 aliphatic rings. The van der Waals surface area contributed by atoms with Gasteiger partial charge >= 0.3 is 0 Å². The number of aldehydes is 1. The SMILES string of the molecule is O=Cc1ccc(OCCCOc2ccc(F)cc2F)cc1. The summed E-state index contributed by atoms with van der Waals surface area (Å²) < 4.78 is 36.6. The lowest BCUT2D eigenvalue weighted by Gasteiger charge is -2.08. The maximum atomic E-state index is 13.3. The van der Waals surface area contributed by atoms with E-state index in [4.69, 9.17) is 9.47 Å². The minimum absolute atomic E-state index is 0.0201. The lowest BCUT2D eigenvalue weighted by atomic mass is 10.2. The molecule has 21 heavy (non-hydrogen) atoms. The van der Waals surface area contributed by atoms with E-state index < -0.39 is 11.6 Å². The van der Waals surface area contributed by atoms with Crippen LogP contribution < -0.4 is 9.47 Å². The van der Waals surface area contributed by atoms with Crippen molar-refractivity contribution in [1.29, 1.82) is 0 Å². The average Bonchev–Trinajstić information content (AvgIpc) is 2.49. The molecule has 0 amide bonds. The Balaban J connectivity index is 1.70. The highest BCUT2D eigenvalue weighted by Crippen LogP contribution is 2.17. The Morgan fingerprint density at radius 3 is 2.33 bits per heavy atom. The smallest absolute Gasteiger partial charge is 0.167 e. The quantitative estimate of drug-likeness (QED) is 0.577. The van der Waals surface area contributed by atoms with Gasteiger partial charge in [0.1, 0.15) is 17.9 Å². The highest BCUT2D eigenvalue weighted by atomic mass is 19.1. The fourth-order valence-electron chi connectivity index (χ4n) is 1.67. The normalized spacial score (nSPS) is 10.2. The van der Waals surface area contributed by atoms with Crippen LogP contribution in [0, 0.1) is 11.6 Å². The molecule has 5 heteroatoms. The summed E-state index contributed by atoms with van der Waals surface area (Å²) in [5.74, 6) is -0.692. The van der Waals surface area contributed by atoms with Crippen LogP contribution >= 0.6 is 0 Å². The first kappa shape index (κ1) is 15.0. The second-order valence-electron chi connectivity index (χ2n) is 4.31. The van der Waals surface area contributed by atoms with E-state index in [0.717, 1.165) is 18.4 Å². The van der Waals surface area contributed by atoms with Gasteiger partial charge in [-0.25, -0.2) is 8.78 Å². The van der Waals surface area contributed by atoms with Crippen molar-refractivity contribution >= 4 is 6.29 Å². The fourth-order valence-corrected chi connectivity index (χ4v) is 1.67. The number of hydrogen-bond acceptors (Lipinski definition) is 3. The minimum atomic E-state index is -0.722. The van der Waals surface area contributed by atoms with Gasteiger partial charge in [0.25, 0.3) is 0 Å². The Hall–Kier alpha value is -2.43. The number of hydrogen-bond donors (Lipinski definition) is 0. The van der Waals surface area contributed by atoms with Gasteiger partial charge in [-0.2, -0.15) is 0 Å². The Labute approximate surface area is 121 Å². The largest absolute Gasteiger partial charge is 0.493 e. The molecule has 2 aromatic carbocycles. The predicted molar refractivity (Wildman–Crippen MR) is 73.8 cm³/mol. The van der Waals surface area contributed by atoms with Crippen molar-refractivity contribution in [2.45, 2.75) is 6.42 Å². The summed E-state index contributed by atoms with van der Waals surface area (Å²) in [5, 5.41) is 0. The van der Waals surface area contributed by atoms with E-state index in [1.54, 1.807) is 24.3 Å². The van der Waals surface area contributed by atoms with Gasteiger partial charge in [0, 0.05) is 18.1 Å². The van der Waals surface area contributed by atoms with Crippen LogP contribution in [0.3, 0.4) is 0 Å². The molecule has 2 rings (SSSR count). The number of carbonyl (C=O) groups is 1. The summed E-state index contributed by atoms with van der Waals surface area (Å²) in [7, 11) is 0. The first-order valence-corrected chi connectivity index (χ1v) is 6.45. The third-order valence-electron chi connectivity index (χ3n) is 2.73. The Kier molecular flexibility index (Phi) is 5.26. The van der Waals surface area contributed by atoms with Gasteiger partial charge in [-0.05, 0) is 36.4 Å². The van der Waals surface area contributed by atoms with Crippen LogP contribution in [0.2, 0.25) is 0 Å². The lowest BCUT2D eigenvalue weighted by molar-refractivity contribution is 0.112. The first-order valence-electron chi connectivity index (χ1n) is 6.45. The van der Waals surface area contributed by atoms with E-state index in [-0.39, 0.29) is 12.4 Å². The van der Waals surface area contributed by atoms with Crippen molar-refractivity contribution in [2.75, 3.05) is 13.2 Å². The molecule has 2 aromatic rings. The third kappa shape index (κ3) is 4.56. The molecular formula is C16H14F2O3. The number of halogens is 2. The molecular weight excluding hydrogens is 278 g/mol. The third-order valence-corrected chi connectivity index (χ3v) is 2.73. The molecule has 0 heterocycles. The van der Waals surface area contributed by atoms with Gasteiger partial charge < -0.3 is 9.47 Å². The summed E-state index contributed by atoms with van der Waals surface area (Å²) in [6.07, 6.45) is 1.31. The van der Waals surface area contributed by atoms with Crippen LogP contribution in [0.4, 0.5) is 8.78 Å². The van der Waals surface area contributed by atoms with Gasteiger partial charge in [-0.3, -0.25) is 4.79 Å². The Bertz CT molecular complexity index is 597. The van der Waals surface area contributed by atoms with Crippen LogP contribution in [-0.4, -0.2) is 19.5 Å². The molecule has 0 bridgehead atoms. The highest BCUT2D eigenvalue weighted by molar-refractivity contribution is 5.74. The van der Waals surface area contributed by atoms with Gasteiger partial charge in [0.15, 0.2) is 11.6 Å². The lowest BCUT2D eigenvalue weighted by Crippen LogP contribution is -2.06. The molecule has 110 valence electrons. The summed E-state index contributed by atoms with van der Waals surface area (Å²) in [6.45, 7) is 0.651. The van der Waals surface area contributed by atoms with E-state index >= 15 is 0 Å². The summed E-state index contributed by atoms with van der Waals surface area (Å²) in [5.41, 5.74) is 0.581. The van der Waals surface area contributed by atoms with Crippen molar-refractivity contribution in [3.8, 4) is 11.5 Å². The molecule has 0 spiro atoms. The van der Waals surface area contributed by atoms with E-state index in [9.17, 15) is 13.6 Å². The van der Waals surface area contributed by atoms with E-state index in [2.05, 4.69) is 0 Å². The van der Waals surface area contributed by atoms with Crippen LogP contribution in [0.5, 0.6) is 11.5 Å². The molecule has 0 aromatic heterocycles. The number of carbonyl (C=O) groups excluding carboxylic acids is 1. The van der Waals surface area contributed by atoms with E-state index in [1.165, 1.54) is 6.07 Å². The Morgan fingerprint density at radius 1 is 0.952 bits per heavy atom. The minimum Gasteiger partial charge on any atom is -0.493 e. The highest BCUT2D eigenvalue weighted by Gasteiger charge is 2.04. The zero-order valence-corrected chi connectivity index (χ0v) is 11.2. The predicted octanol–water partition coefficient (Wildman–Crippen LogP) is 3.63. The number of ether oxygens (including phenoxy) is 2. The van der Waals surface area contributed by atoms with Gasteiger partial charge in [-0.15, -0.1) is 0 Å². The summed E-state index contributed by atoms with van der Waals surface area (Å²) in [6, 6.07) is 9.89. The second kappa shape index (κ2) is 7.38. The van der Waals surface area contributed by atoms with Crippen LogP contribution in [0.15, 0.2) is 42.5 Å². The Morgan fingerprint density at radius 2 is 1.67 bits per heavy atom. The molecule has 0 fully saturated rings. The molecule has 0 unspecified atom stereocenters. The zero-order valence-electron chi connectivity index (χ0n) is 11.2. The molecule has 3 nitrogen and oxygen atoms in total. The van der Waals surface area contributed by atoms with Crippen molar-refractivity contribution < 1.29 is 23.0 Å². The molecule has 0 atom stereocenters. The van der Waals surface area contributed by atoms with Crippen LogP contribution in [-0.2, 0) is 0 Å². The molecule has 0 saturated carbocycles. The molecule has 0 radical (unpaired) electrons. The van der Waals surface area contributed by atoms with Crippen LogP contribution in [0.25, 0.3) is 0 Å². The molecule has 0 N–H and O–H groups in total. The molecule has 0 saturated heterocycles. The fraction of sp³-hybridized carbons (Fsp3) is 0.188. The average molecular weight is 292 g/mol. The zero-order chi connectivity index (χ0) is 15.1. The van der Waals surface area contributed by atoms with E-state index in [1.807, 2.05) is 0 Å². The van der Waals surface area contributed by atoms with Crippen molar-refractivity contribution in [1.82, 2.24) is 0 Å². The van der Waals surface area contributed by atoms with Gasteiger partial charge in [-0.1, -0.05) is 0 Å². The maximum Gasteiger partial charge on any atom is 0.167 e. The van der Waals surface area contributed by atoms with Crippen molar-refractivity contribution in [3.05, 3.63) is 59.7 Å². The van der Waals surface area contributed by atoms with Crippen molar-refractivity contribution in [2.24, 2.45) is 0 Å². The standard InChI is InChI=1S/C16H14F2O3/c17-13-4-7-16(15(18)10-13)21-9-1-8-20-14-5-2-12(11-19)3-6-14/h2-7,10-11H,1,8-9H2. The molecule has 0 aliphatic carbocycles. The summed E-state index contributed by atoms with van der Waals surface area (Å²) in [4.78, 5) is 10.5. The monoisotopic (exact) mass is 292 g/mol. The van der Waals surface area contributed by atoms with E-state index in [0.29, 0.717) is 24.3 Å².